The molecule has 1 atom stereocenters. The van der Waals surface area contributed by atoms with Gasteiger partial charge in [0.1, 0.15) is 0 Å². The number of hydrogen-bond donors (Lipinski definition) is 1. The molecule has 0 bridgehead atoms. The average molecular weight is 448 g/mol. The summed E-state index contributed by atoms with van der Waals surface area (Å²) in [5, 5.41) is 6.25. The molecule has 1 N–H and O–H groups in total. The van der Waals surface area contributed by atoms with Gasteiger partial charge in [-0.05, 0) is 43.5 Å². The van der Waals surface area contributed by atoms with Gasteiger partial charge >= 0.3 is 6.18 Å². The molecule has 29 heavy (non-hydrogen) atoms. The normalized spacial score (nSPS) is 21.3. The number of amides is 1. The second-order valence-corrected chi connectivity index (χ2v) is 10.0. The first-order valence-electron chi connectivity index (χ1n) is 9.01. The second kappa shape index (κ2) is 7.02. The van der Waals surface area contributed by atoms with E-state index in [1.165, 1.54) is 6.07 Å². The van der Waals surface area contributed by atoms with Crippen molar-refractivity contribution in [1.29, 1.82) is 0 Å². The molecule has 1 aromatic heterocycles. The van der Waals surface area contributed by atoms with Crippen LogP contribution in [-0.2, 0) is 16.0 Å². The van der Waals surface area contributed by atoms with Crippen LogP contribution in [0.15, 0.2) is 24.3 Å². The first-order valence-corrected chi connectivity index (χ1v) is 11.2. The monoisotopic (exact) mass is 447 g/mol. The standard InChI is InChI=1S/C18H17ClF3N3O3S/c19-14-4-3-11(7-13(14)18(20,21)22)23-17(26)15-8-16(10-1-2-10)25(24-15)12-5-6-29(27,28)9-12/h3-4,7-8,10,12H,1-2,5-6,9H2,(H,23,26). The molecular formula is C18H17ClF3N3O3S. The lowest BCUT2D eigenvalue weighted by Crippen LogP contribution is -2.17. The largest absolute Gasteiger partial charge is 0.417 e. The van der Waals surface area contributed by atoms with Crippen LogP contribution < -0.4 is 5.32 Å². The van der Waals surface area contributed by atoms with Crippen molar-refractivity contribution in [3.8, 4) is 0 Å². The zero-order valence-electron chi connectivity index (χ0n) is 15.0. The first kappa shape index (κ1) is 20.2. The molecule has 2 aromatic rings. The lowest BCUT2D eigenvalue weighted by molar-refractivity contribution is -0.137. The Morgan fingerprint density at radius 3 is 2.52 bits per heavy atom. The van der Waals surface area contributed by atoms with Gasteiger partial charge in [0.2, 0.25) is 0 Å². The van der Waals surface area contributed by atoms with E-state index < -0.39 is 32.5 Å². The number of sulfone groups is 1. The van der Waals surface area contributed by atoms with Crippen molar-refractivity contribution in [2.45, 2.75) is 37.4 Å². The van der Waals surface area contributed by atoms with Gasteiger partial charge < -0.3 is 5.32 Å². The number of benzene rings is 1. The number of carbonyl (C=O) groups is 1. The van der Waals surface area contributed by atoms with Gasteiger partial charge in [-0.15, -0.1) is 0 Å². The Labute approximate surface area is 170 Å². The van der Waals surface area contributed by atoms with Crippen LogP contribution in [0.25, 0.3) is 0 Å². The van der Waals surface area contributed by atoms with E-state index in [4.69, 9.17) is 11.6 Å². The molecule has 1 aliphatic carbocycles. The van der Waals surface area contributed by atoms with Gasteiger partial charge in [0, 0.05) is 17.3 Å². The fourth-order valence-corrected chi connectivity index (χ4v) is 5.40. The summed E-state index contributed by atoms with van der Waals surface area (Å²) in [4.78, 5) is 12.6. The quantitative estimate of drug-likeness (QED) is 0.766. The highest BCUT2D eigenvalue weighted by molar-refractivity contribution is 7.91. The lowest BCUT2D eigenvalue weighted by Gasteiger charge is -2.12. The van der Waals surface area contributed by atoms with Gasteiger partial charge in [-0.3, -0.25) is 9.48 Å². The summed E-state index contributed by atoms with van der Waals surface area (Å²) < 4.78 is 64.3. The molecule has 1 amide bonds. The van der Waals surface area contributed by atoms with Crippen molar-refractivity contribution in [3.63, 3.8) is 0 Å². The van der Waals surface area contributed by atoms with Crippen LogP contribution in [-0.4, -0.2) is 35.6 Å². The summed E-state index contributed by atoms with van der Waals surface area (Å²) in [6.45, 7) is 0. The number of alkyl halides is 3. The molecule has 11 heteroatoms. The lowest BCUT2D eigenvalue weighted by atomic mass is 10.2. The molecule has 1 aromatic carbocycles. The average Bonchev–Trinajstić information content (AvgIpc) is 3.26. The SMILES string of the molecule is O=C(Nc1ccc(Cl)c(C(F)(F)F)c1)c1cc(C2CC2)n(C2CCS(=O)(=O)C2)n1. The van der Waals surface area contributed by atoms with E-state index in [9.17, 15) is 26.4 Å². The Hall–Kier alpha value is -2.07. The Morgan fingerprint density at radius 2 is 1.93 bits per heavy atom. The maximum absolute atomic E-state index is 13.0. The predicted octanol–water partition coefficient (Wildman–Crippen LogP) is 4.04. The summed E-state index contributed by atoms with van der Waals surface area (Å²) >= 11 is 5.60. The number of rotatable bonds is 4. The van der Waals surface area contributed by atoms with Crippen molar-refractivity contribution >= 4 is 33.0 Å². The van der Waals surface area contributed by atoms with Crippen LogP contribution in [0.4, 0.5) is 18.9 Å². The fourth-order valence-electron chi connectivity index (χ4n) is 3.48. The van der Waals surface area contributed by atoms with Gasteiger partial charge in [0.25, 0.3) is 5.91 Å². The summed E-state index contributed by atoms with van der Waals surface area (Å²) in [7, 11) is -3.13. The minimum absolute atomic E-state index is 0.0262. The number of aromatic nitrogens is 2. The molecule has 156 valence electrons. The van der Waals surface area contributed by atoms with Crippen molar-refractivity contribution in [3.05, 3.63) is 46.2 Å². The van der Waals surface area contributed by atoms with Crippen molar-refractivity contribution in [1.82, 2.24) is 9.78 Å². The van der Waals surface area contributed by atoms with Gasteiger partial charge in [-0.25, -0.2) is 8.42 Å². The van der Waals surface area contributed by atoms with Crippen molar-refractivity contribution in [2.24, 2.45) is 0 Å². The third kappa shape index (κ3) is 4.28. The molecule has 1 unspecified atom stereocenters. The number of hydrogen-bond acceptors (Lipinski definition) is 4. The number of anilines is 1. The molecule has 1 saturated heterocycles. The minimum atomic E-state index is -4.65. The van der Waals surface area contributed by atoms with Gasteiger partial charge in [-0.1, -0.05) is 11.6 Å². The zero-order valence-corrected chi connectivity index (χ0v) is 16.6. The molecule has 2 aliphatic rings. The Balaban J connectivity index is 1.59. The number of nitrogens with zero attached hydrogens (tertiary/aromatic N) is 2. The molecule has 2 fully saturated rings. The third-order valence-corrected chi connectivity index (χ3v) is 7.16. The molecule has 6 nitrogen and oxygen atoms in total. The highest BCUT2D eigenvalue weighted by atomic mass is 35.5. The Kier molecular flexibility index (Phi) is 4.89. The number of carbonyl (C=O) groups excluding carboxylic acids is 1. The molecule has 0 radical (unpaired) electrons. The Bertz CT molecular complexity index is 1080. The van der Waals surface area contributed by atoms with Crippen LogP contribution in [0.1, 0.15) is 53.0 Å². The maximum atomic E-state index is 13.0. The van der Waals surface area contributed by atoms with E-state index in [0.29, 0.717) is 6.42 Å². The van der Waals surface area contributed by atoms with Crippen LogP contribution >= 0.6 is 11.6 Å². The molecule has 0 spiro atoms. The molecular weight excluding hydrogens is 431 g/mol. The second-order valence-electron chi connectivity index (χ2n) is 7.38. The minimum Gasteiger partial charge on any atom is -0.321 e. The maximum Gasteiger partial charge on any atom is 0.417 e. The number of halogens is 4. The third-order valence-electron chi connectivity index (χ3n) is 5.08. The van der Waals surface area contributed by atoms with E-state index in [2.05, 4.69) is 10.4 Å². The predicted molar refractivity (Wildman–Crippen MR) is 101 cm³/mol. The molecule has 1 aliphatic heterocycles. The van der Waals surface area contributed by atoms with Crippen LogP contribution in [0.2, 0.25) is 5.02 Å². The van der Waals surface area contributed by atoms with Gasteiger partial charge in [-0.2, -0.15) is 18.3 Å². The molecule has 2 heterocycles. The molecule has 1 saturated carbocycles. The first-order chi connectivity index (χ1) is 13.5. The fraction of sp³-hybridized carbons (Fsp3) is 0.444. The van der Waals surface area contributed by atoms with Crippen LogP contribution in [0, 0.1) is 0 Å². The van der Waals surface area contributed by atoms with E-state index >= 15 is 0 Å². The smallest absolute Gasteiger partial charge is 0.321 e. The molecule has 4 rings (SSSR count). The van der Waals surface area contributed by atoms with Crippen molar-refractivity contribution < 1.29 is 26.4 Å². The van der Waals surface area contributed by atoms with E-state index in [1.807, 2.05) is 0 Å². The highest BCUT2D eigenvalue weighted by Crippen LogP contribution is 2.42. The van der Waals surface area contributed by atoms with E-state index in [0.717, 1.165) is 30.7 Å². The number of nitrogens with one attached hydrogen (secondary N) is 1. The van der Waals surface area contributed by atoms with E-state index in [-0.39, 0.29) is 34.8 Å². The van der Waals surface area contributed by atoms with Crippen LogP contribution in [0.5, 0.6) is 0 Å². The summed E-state index contributed by atoms with van der Waals surface area (Å²) in [6.07, 6.45) is -2.36. The summed E-state index contributed by atoms with van der Waals surface area (Å²) in [6, 6.07) is 4.38. The van der Waals surface area contributed by atoms with Crippen LogP contribution in [0.3, 0.4) is 0 Å². The highest BCUT2D eigenvalue weighted by Gasteiger charge is 2.36. The van der Waals surface area contributed by atoms with E-state index in [1.54, 1.807) is 10.7 Å². The topological polar surface area (TPSA) is 81.1 Å². The summed E-state index contributed by atoms with van der Waals surface area (Å²) in [5.74, 6) is -0.392. The zero-order chi connectivity index (χ0) is 21.0. The Morgan fingerprint density at radius 1 is 1.21 bits per heavy atom. The summed E-state index contributed by atoms with van der Waals surface area (Å²) in [5.41, 5.74) is -0.265. The van der Waals surface area contributed by atoms with Crippen molar-refractivity contribution in [2.75, 3.05) is 16.8 Å². The van der Waals surface area contributed by atoms with Gasteiger partial charge in [0.05, 0.1) is 28.1 Å². The van der Waals surface area contributed by atoms with Gasteiger partial charge in [0.15, 0.2) is 15.5 Å².